The second-order valence-corrected chi connectivity index (χ2v) is 5.89. The summed E-state index contributed by atoms with van der Waals surface area (Å²) in [5, 5.41) is 0. The second kappa shape index (κ2) is 7.75. The lowest BCUT2D eigenvalue weighted by Gasteiger charge is -2.35. The standard InChI is InChI=1S/C18H16F3N3O4/c1-27-15(26)7-6-14(25)24-9-8-12-16(23-10-22-12)17(24)11-4-2-3-5-13(11)28-18(19,20)21/h2-7,10,17H,8-9H2,1H3,(H,22,23)/b7-6+. The van der Waals surface area contributed by atoms with Gasteiger partial charge in [-0.2, -0.15) is 0 Å². The van der Waals surface area contributed by atoms with Gasteiger partial charge in [-0.1, -0.05) is 18.2 Å². The molecule has 0 radical (unpaired) electrons. The van der Waals surface area contributed by atoms with E-state index >= 15 is 0 Å². The summed E-state index contributed by atoms with van der Waals surface area (Å²) in [5.41, 5.74) is 1.27. The molecule has 10 heteroatoms. The Morgan fingerprint density at radius 3 is 2.75 bits per heavy atom. The Balaban J connectivity index is 2.03. The van der Waals surface area contributed by atoms with Crippen molar-refractivity contribution in [1.82, 2.24) is 14.9 Å². The van der Waals surface area contributed by atoms with E-state index in [1.54, 1.807) is 6.07 Å². The molecule has 1 amide bonds. The third-order valence-corrected chi connectivity index (χ3v) is 4.21. The summed E-state index contributed by atoms with van der Waals surface area (Å²) in [6.45, 7) is 0.213. The van der Waals surface area contributed by atoms with Crippen LogP contribution in [0, 0.1) is 0 Å². The molecule has 0 saturated heterocycles. The molecule has 0 bridgehead atoms. The summed E-state index contributed by atoms with van der Waals surface area (Å²) >= 11 is 0. The van der Waals surface area contributed by atoms with Crippen molar-refractivity contribution < 1.29 is 32.2 Å². The van der Waals surface area contributed by atoms with Crippen molar-refractivity contribution in [3.8, 4) is 5.75 Å². The quantitative estimate of drug-likeness (QED) is 0.635. The Bertz CT molecular complexity index is 907. The number of H-pyrrole nitrogens is 1. The van der Waals surface area contributed by atoms with Gasteiger partial charge in [-0.15, -0.1) is 13.2 Å². The van der Waals surface area contributed by atoms with E-state index in [1.807, 2.05) is 0 Å². The first kappa shape index (κ1) is 19.5. The van der Waals surface area contributed by atoms with Crippen molar-refractivity contribution in [3.63, 3.8) is 0 Å². The van der Waals surface area contributed by atoms with E-state index in [-0.39, 0.29) is 12.1 Å². The number of fused-ring (bicyclic) bond motifs is 1. The molecule has 0 spiro atoms. The molecule has 1 unspecified atom stereocenters. The van der Waals surface area contributed by atoms with Gasteiger partial charge < -0.3 is 19.4 Å². The number of nitrogens with zero attached hydrogens (tertiary/aromatic N) is 2. The van der Waals surface area contributed by atoms with Crippen molar-refractivity contribution in [1.29, 1.82) is 0 Å². The summed E-state index contributed by atoms with van der Waals surface area (Å²) < 4.78 is 47.1. The Hall–Kier alpha value is -3.30. The Kier molecular flexibility index (Phi) is 5.39. The number of para-hydroxylation sites is 1. The predicted molar refractivity (Wildman–Crippen MR) is 90.1 cm³/mol. The molecule has 1 aromatic heterocycles. The van der Waals surface area contributed by atoms with Gasteiger partial charge in [0, 0.05) is 36.4 Å². The van der Waals surface area contributed by atoms with Gasteiger partial charge in [-0.25, -0.2) is 9.78 Å². The van der Waals surface area contributed by atoms with E-state index in [2.05, 4.69) is 19.4 Å². The minimum absolute atomic E-state index is 0.132. The highest BCUT2D eigenvalue weighted by Gasteiger charge is 2.38. The molecule has 1 N–H and O–H groups in total. The van der Waals surface area contributed by atoms with Gasteiger partial charge in [-0.3, -0.25) is 4.79 Å². The molecular formula is C18H16F3N3O4. The number of carbonyl (C=O) groups excluding carboxylic acids is 2. The van der Waals surface area contributed by atoms with Crippen LogP contribution in [0.15, 0.2) is 42.7 Å². The van der Waals surface area contributed by atoms with Crippen molar-refractivity contribution in [2.75, 3.05) is 13.7 Å². The molecule has 148 valence electrons. The monoisotopic (exact) mass is 395 g/mol. The fourth-order valence-electron chi connectivity index (χ4n) is 3.06. The van der Waals surface area contributed by atoms with Crippen molar-refractivity contribution in [3.05, 3.63) is 59.7 Å². The van der Waals surface area contributed by atoms with Crippen LogP contribution in [0.2, 0.25) is 0 Å². The van der Waals surface area contributed by atoms with Crippen molar-refractivity contribution in [2.45, 2.75) is 18.8 Å². The molecule has 1 aliphatic heterocycles. The molecule has 2 heterocycles. The summed E-state index contributed by atoms with van der Waals surface area (Å²) in [5.74, 6) is -1.71. The van der Waals surface area contributed by atoms with Crippen LogP contribution in [-0.2, 0) is 20.7 Å². The maximum atomic E-state index is 12.8. The number of hydrogen-bond acceptors (Lipinski definition) is 5. The predicted octanol–water partition coefficient (Wildman–Crippen LogP) is 2.51. The average molecular weight is 395 g/mol. The van der Waals surface area contributed by atoms with Gasteiger partial charge in [-0.05, 0) is 6.07 Å². The lowest BCUT2D eigenvalue weighted by Crippen LogP contribution is -2.40. The highest BCUT2D eigenvalue weighted by molar-refractivity contribution is 5.95. The molecule has 3 rings (SSSR count). The van der Waals surface area contributed by atoms with Gasteiger partial charge in [0.05, 0.1) is 19.1 Å². The number of rotatable bonds is 4. The fraction of sp³-hybridized carbons (Fsp3) is 0.278. The van der Waals surface area contributed by atoms with E-state index in [1.165, 1.54) is 36.5 Å². The van der Waals surface area contributed by atoms with Crippen LogP contribution in [0.5, 0.6) is 5.75 Å². The maximum Gasteiger partial charge on any atom is 0.573 e. The van der Waals surface area contributed by atoms with Crippen molar-refractivity contribution >= 4 is 11.9 Å². The minimum Gasteiger partial charge on any atom is -0.466 e. The molecule has 7 nitrogen and oxygen atoms in total. The smallest absolute Gasteiger partial charge is 0.466 e. The van der Waals surface area contributed by atoms with Crippen LogP contribution in [-0.4, -0.2) is 46.8 Å². The SMILES string of the molecule is COC(=O)/C=C/C(=O)N1CCc2[nH]cnc2C1c1ccccc1OC(F)(F)F. The number of methoxy groups -OCH3 is 1. The van der Waals surface area contributed by atoms with Crippen LogP contribution in [0.4, 0.5) is 13.2 Å². The number of alkyl halides is 3. The number of carbonyl (C=O) groups is 2. The van der Waals surface area contributed by atoms with E-state index in [9.17, 15) is 22.8 Å². The Morgan fingerprint density at radius 1 is 1.29 bits per heavy atom. The minimum atomic E-state index is -4.89. The van der Waals surface area contributed by atoms with Crippen LogP contribution in [0.3, 0.4) is 0 Å². The molecule has 0 saturated carbocycles. The first-order valence-electron chi connectivity index (χ1n) is 8.23. The fourth-order valence-corrected chi connectivity index (χ4v) is 3.06. The zero-order valence-electron chi connectivity index (χ0n) is 14.7. The van der Waals surface area contributed by atoms with E-state index < -0.39 is 30.0 Å². The average Bonchev–Trinajstić information content (AvgIpc) is 3.13. The van der Waals surface area contributed by atoms with Gasteiger partial charge in [0.25, 0.3) is 0 Å². The number of ether oxygens (including phenoxy) is 2. The molecule has 1 aromatic carbocycles. The zero-order valence-corrected chi connectivity index (χ0v) is 14.7. The van der Waals surface area contributed by atoms with Gasteiger partial charge in [0.1, 0.15) is 11.8 Å². The number of hydrogen-bond donors (Lipinski definition) is 1. The number of halogens is 3. The highest BCUT2D eigenvalue weighted by atomic mass is 19.4. The van der Waals surface area contributed by atoms with E-state index in [0.717, 1.165) is 12.2 Å². The largest absolute Gasteiger partial charge is 0.573 e. The van der Waals surface area contributed by atoms with Gasteiger partial charge in [0.2, 0.25) is 5.91 Å². The topological polar surface area (TPSA) is 84.5 Å². The molecule has 1 aliphatic rings. The summed E-state index contributed by atoms with van der Waals surface area (Å²) in [7, 11) is 1.17. The lowest BCUT2D eigenvalue weighted by atomic mass is 9.94. The number of esters is 1. The number of aromatic amines is 1. The van der Waals surface area contributed by atoms with E-state index in [0.29, 0.717) is 17.8 Å². The summed E-state index contributed by atoms with van der Waals surface area (Å²) in [6.07, 6.45) is -1.06. The van der Waals surface area contributed by atoms with Gasteiger partial charge in [0.15, 0.2) is 0 Å². The van der Waals surface area contributed by atoms with Gasteiger partial charge >= 0.3 is 12.3 Å². The maximum absolute atomic E-state index is 12.8. The third kappa shape index (κ3) is 4.16. The summed E-state index contributed by atoms with van der Waals surface area (Å²) in [6, 6.07) is 4.66. The number of amides is 1. The number of nitrogens with one attached hydrogen (secondary N) is 1. The Morgan fingerprint density at radius 2 is 2.04 bits per heavy atom. The van der Waals surface area contributed by atoms with Crippen LogP contribution in [0.25, 0.3) is 0 Å². The number of aromatic nitrogens is 2. The second-order valence-electron chi connectivity index (χ2n) is 5.89. The van der Waals surface area contributed by atoms with Crippen molar-refractivity contribution in [2.24, 2.45) is 0 Å². The summed E-state index contributed by atoms with van der Waals surface area (Å²) in [4.78, 5) is 32.4. The molecule has 28 heavy (non-hydrogen) atoms. The normalized spacial score (nSPS) is 16.7. The molecule has 1 atom stereocenters. The zero-order chi connectivity index (χ0) is 20.3. The first-order chi connectivity index (χ1) is 13.3. The molecular weight excluding hydrogens is 379 g/mol. The highest BCUT2D eigenvalue weighted by Crippen LogP contribution is 2.39. The molecule has 2 aromatic rings. The lowest BCUT2D eigenvalue weighted by molar-refractivity contribution is -0.275. The third-order valence-electron chi connectivity index (χ3n) is 4.21. The van der Waals surface area contributed by atoms with Crippen LogP contribution in [0.1, 0.15) is 23.0 Å². The Labute approximate surface area is 157 Å². The number of benzene rings is 1. The first-order valence-corrected chi connectivity index (χ1v) is 8.23. The van der Waals surface area contributed by atoms with E-state index in [4.69, 9.17) is 0 Å². The molecule has 0 fully saturated rings. The molecule has 0 aliphatic carbocycles. The van der Waals surface area contributed by atoms with Crippen LogP contribution >= 0.6 is 0 Å². The van der Waals surface area contributed by atoms with Crippen LogP contribution < -0.4 is 4.74 Å². The number of imidazole rings is 1.